The van der Waals surface area contributed by atoms with Crippen molar-refractivity contribution in [1.82, 2.24) is 9.55 Å². The van der Waals surface area contributed by atoms with Crippen molar-refractivity contribution in [2.45, 2.75) is 45.6 Å². The second-order valence-corrected chi connectivity index (χ2v) is 7.35. The third-order valence-corrected chi connectivity index (χ3v) is 4.01. The molecule has 1 aromatic heterocycles. The molecule has 1 aliphatic rings. The predicted molar refractivity (Wildman–Crippen MR) is 94.2 cm³/mol. The van der Waals surface area contributed by atoms with Crippen molar-refractivity contribution in [3.8, 4) is 0 Å². The Morgan fingerprint density at radius 1 is 1.52 bits per heavy atom. The highest BCUT2D eigenvalue weighted by atomic mass is 79.9. The van der Waals surface area contributed by atoms with Gasteiger partial charge in [0.15, 0.2) is 0 Å². The fourth-order valence-electron chi connectivity index (χ4n) is 2.31. The van der Waals surface area contributed by atoms with Gasteiger partial charge in [-0.3, -0.25) is 19.1 Å². The Morgan fingerprint density at radius 2 is 2.20 bits per heavy atom. The van der Waals surface area contributed by atoms with Crippen molar-refractivity contribution in [3.63, 3.8) is 0 Å². The first-order valence-corrected chi connectivity index (χ1v) is 8.68. The number of halogens is 1. The molecule has 0 amide bonds. The van der Waals surface area contributed by atoms with E-state index < -0.39 is 41.1 Å². The van der Waals surface area contributed by atoms with Crippen molar-refractivity contribution in [1.29, 1.82) is 0 Å². The minimum absolute atomic E-state index is 0.111. The van der Waals surface area contributed by atoms with Gasteiger partial charge in [0.25, 0.3) is 5.56 Å². The monoisotopic (exact) mass is 416 g/mol. The number of rotatable bonds is 4. The highest BCUT2D eigenvalue weighted by molar-refractivity contribution is 9.11. The minimum atomic E-state index is -0.897. The molecular weight excluding hydrogens is 396 g/mol. The molecular formula is C16H21BrN2O6. The maximum atomic E-state index is 12.0. The van der Waals surface area contributed by atoms with Crippen molar-refractivity contribution >= 4 is 28.0 Å². The smallest absolute Gasteiger partial charge is 0.330 e. The number of ether oxygens (including phenoxy) is 2. The maximum absolute atomic E-state index is 12.0. The van der Waals surface area contributed by atoms with Gasteiger partial charge < -0.3 is 14.6 Å². The number of esters is 1. The molecule has 1 aromatic rings. The average Bonchev–Trinajstić information content (AvgIpc) is 2.87. The fourth-order valence-corrected chi connectivity index (χ4v) is 2.60. The number of aromatic nitrogens is 2. The number of nitrogens with one attached hydrogen (secondary N) is 1. The van der Waals surface area contributed by atoms with Crippen LogP contribution in [0.3, 0.4) is 0 Å². The van der Waals surface area contributed by atoms with Gasteiger partial charge in [-0.25, -0.2) is 4.79 Å². The molecule has 0 unspecified atom stereocenters. The van der Waals surface area contributed by atoms with E-state index in [1.54, 1.807) is 20.8 Å². The van der Waals surface area contributed by atoms with E-state index in [4.69, 9.17) is 9.47 Å². The first kappa shape index (κ1) is 19.6. The second-order valence-electron chi connectivity index (χ2n) is 6.82. The molecule has 0 aliphatic carbocycles. The van der Waals surface area contributed by atoms with Crippen molar-refractivity contribution in [2.75, 3.05) is 6.61 Å². The Morgan fingerprint density at radius 3 is 2.80 bits per heavy atom. The molecule has 25 heavy (non-hydrogen) atoms. The quantitative estimate of drug-likeness (QED) is 0.711. The zero-order valence-electron chi connectivity index (χ0n) is 14.2. The van der Waals surface area contributed by atoms with E-state index in [-0.39, 0.29) is 18.6 Å². The standard InChI is InChI=1S/C16H21BrN2O6/c1-16(2,3)14(22)24-8-11-10(20)6-12(25-11)19-7-9(4-5-17)13(21)18-15(19)23/h4-5,7,10-12,20H,6,8H2,1-3H3,(H,18,21,23)/b5-4+/t10-,11-,12+/m0/s1. The summed E-state index contributed by atoms with van der Waals surface area (Å²) in [6.07, 6.45) is 0.584. The molecule has 0 radical (unpaired) electrons. The highest BCUT2D eigenvalue weighted by Crippen LogP contribution is 2.28. The topological polar surface area (TPSA) is 111 Å². The summed E-state index contributed by atoms with van der Waals surface area (Å²) in [6.45, 7) is 5.06. The van der Waals surface area contributed by atoms with Gasteiger partial charge in [0, 0.05) is 12.6 Å². The average molecular weight is 417 g/mol. The Kier molecular flexibility index (Phi) is 6.02. The number of carbonyl (C=O) groups is 1. The predicted octanol–water partition coefficient (Wildman–Crippen LogP) is 1.14. The van der Waals surface area contributed by atoms with Crippen LogP contribution in [0, 0.1) is 5.41 Å². The second kappa shape index (κ2) is 7.67. The maximum Gasteiger partial charge on any atom is 0.330 e. The van der Waals surface area contributed by atoms with Crippen LogP contribution >= 0.6 is 15.9 Å². The molecule has 2 heterocycles. The van der Waals surface area contributed by atoms with Crippen LogP contribution in [0.4, 0.5) is 0 Å². The zero-order valence-corrected chi connectivity index (χ0v) is 15.8. The van der Waals surface area contributed by atoms with E-state index in [0.29, 0.717) is 0 Å². The summed E-state index contributed by atoms with van der Waals surface area (Å²) in [4.78, 5) is 39.2. The molecule has 0 spiro atoms. The molecule has 1 saturated heterocycles. The summed E-state index contributed by atoms with van der Waals surface area (Å²) in [5.41, 5.74) is -1.56. The van der Waals surface area contributed by atoms with Crippen molar-refractivity contribution < 1.29 is 19.4 Å². The van der Waals surface area contributed by atoms with Gasteiger partial charge in [-0.2, -0.15) is 0 Å². The van der Waals surface area contributed by atoms with Crippen LogP contribution in [-0.2, 0) is 14.3 Å². The van der Waals surface area contributed by atoms with Crippen molar-refractivity contribution in [2.24, 2.45) is 5.41 Å². The van der Waals surface area contributed by atoms with Gasteiger partial charge >= 0.3 is 11.7 Å². The summed E-state index contributed by atoms with van der Waals surface area (Å²) < 4.78 is 12.0. The highest BCUT2D eigenvalue weighted by Gasteiger charge is 2.37. The SMILES string of the molecule is CC(C)(C)C(=O)OC[C@@H]1O[C@@H](n2cc(/C=C/Br)c(=O)[nH]c2=O)C[C@@H]1O. The van der Waals surface area contributed by atoms with Crippen LogP contribution < -0.4 is 11.2 Å². The molecule has 9 heteroatoms. The van der Waals surface area contributed by atoms with Crippen LogP contribution in [0.1, 0.15) is 39.0 Å². The Hall–Kier alpha value is -1.71. The Bertz CT molecular complexity index is 776. The summed E-state index contributed by atoms with van der Waals surface area (Å²) >= 11 is 3.08. The van der Waals surface area contributed by atoms with Gasteiger partial charge in [0.1, 0.15) is 18.9 Å². The lowest BCUT2D eigenvalue weighted by Gasteiger charge is -2.20. The van der Waals surface area contributed by atoms with E-state index in [1.165, 1.54) is 21.8 Å². The number of hydrogen-bond donors (Lipinski definition) is 2. The van der Waals surface area contributed by atoms with E-state index >= 15 is 0 Å². The van der Waals surface area contributed by atoms with Gasteiger partial charge in [-0.1, -0.05) is 15.9 Å². The van der Waals surface area contributed by atoms with Crippen molar-refractivity contribution in [3.05, 3.63) is 37.6 Å². The molecule has 0 aromatic carbocycles. The van der Waals surface area contributed by atoms with Gasteiger partial charge in [-0.15, -0.1) is 0 Å². The molecule has 2 rings (SSSR count). The molecule has 1 fully saturated rings. The van der Waals surface area contributed by atoms with Crippen LogP contribution in [-0.4, -0.2) is 39.4 Å². The van der Waals surface area contributed by atoms with E-state index in [0.717, 1.165) is 0 Å². The lowest BCUT2D eigenvalue weighted by atomic mass is 9.97. The van der Waals surface area contributed by atoms with E-state index in [1.807, 2.05) is 0 Å². The lowest BCUT2D eigenvalue weighted by molar-refractivity contribution is -0.159. The number of carbonyl (C=O) groups excluding carboxylic acids is 1. The molecule has 2 N–H and O–H groups in total. The number of H-pyrrole nitrogens is 1. The third kappa shape index (κ3) is 4.68. The summed E-state index contributed by atoms with van der Waals surface area (Å²) in [7, 11) is 0. The van der Waals surface area contributed by atoms with Crippen LogP contribution in [0.25, 0.3) is 6.08 Å². The van der Waals surface area contributed by atoms with Gasteiger partial charge in [-0.05, 0) is 31.8 Å². The summed E-state index contributed by atoms with van der Waals surface area (Å²) in [5, 5.41) is 10.1. The summed E-state index contributed by atoms with van der Waals surface area (Å²) in [5.74, 6) is -0.405. The molecule has 0 saturated carbocycles. The van der Waals surface area contributed by atoms with E-state index in [9.17, 15) is 19.5 Å². The van der Waals surface area contributed by atoms with Gasteiger partial charge in [0.05, 0.1) is 17.1 Å². The first-order valence-electron chi connectivity index (χ1n) is 7.76. The molecule has 0 bridgehead atoms. The number of hydrogen-bond acceptors (Lipinski definition) is 6. The minimum Gasteiger partial charge on any atom is -0.462 e. The van der Waals surface area contributed by atoms with Crippen LogP contribution in [0.5, 0.6) is 0 Å². The largest absolute Gasteiger partial charge is 0.462 e. The van der Waals surface area contributed by atoms with E-state index in [2.05, 4.69) is 20.9 Å². The third-order valence-electron chi connectivity index (χ3n) is 3.74. The number of aliphatic hydroxyl groups is 1. The first-order chi connectivity index (χ1) is 11.6. The molecule has 8 nitrogen and oxygen atoms in total. The number of aromatic amines is 1. The molecule has 138 valence electrons. The Balaban J connectivity index is 2.13. The zero-order chi connectivity index (χ0) is 18.8. The molecule has 3 atom stereocenters. The molecule has 1 aliphatic heterocycles. The number of nitrogens with zero attached hydrogens (tertiary/aromatic N) is 1. The summed E-state index contributed by atoms with van der Waals surface area (Å²) in [6, 6.07) is 0. The normalized spacial score (nSPS) is 24.0. The van der Waals surface area contributed by atoms with Crippen LogP contribution in [0.15, 0.2) is 20.8 Å². The fraction of sp³-hybridized carbons (Fsp3) is 0.562. The number of aliphatic hydroxyl groups excluding tert-OH is 1. The Labute approximate surface area is 152 Å². The van der Waals surface area contributed by atoms with Gasteiger partial charge in [0.2, 0.25) is 0 Å². The lowest BCUT2D eigenvalue weighted by Crippen LogP contribution is -2.34. The van der Waals surface area contributed by atoms with Crippen LogP contribution in [0.2, 0.25) is 0 Å².